The molecule has 0 saturated carbocycles. The van der Waals surface area contributed by atoms with Crippen LogP contribution in [-0.4, -0.2) is 29.7 Å². The van der Waals surface area contributed by atoms with Crippen LogP contribution >= 0.6 is 0 Å². The number of amides is 3. The van der Waals surface area contributed by atoms with Crippen molar-refractivity contribution in [1.82, 2.24) is 16.3 Å². The Morgan fingerprint density at radius 1 is 1.53 bits per heavy atom. The number of urea groups is 1. The first-order valence-electron chi connectivity index (χ1n) is 4.26. The number of rotatable bonds is 6. The Hall–Kier alpha value is -1.83. The van der Waals surface area contributed by atoms with Crippen molar-refractivity contribution in [3.05, 3.63) is 0 Å². The number of hydrogen-bond donors (Lipinski definition) is 4. The van der Waals surface area contributed by atoms with Gasteiger partial charge in [-0.25, -0.2) is 15.1 Å². The lowest BCUT2D eigenvalue weighted by Gasteiger charge is -2.14. The summed E-state index contributed by atoms with van der Waals surface area (Å²) in [5, 5.41) is 10.4. The van der Waals surface area contributed by atoms with E-state index in [1.165, 1.54) is 5.48 Å². The summed E-state index contributed by atoms with van der Waals surface area (Å²) in [6.45, 7) is 1.80. The Morgan fingerprint density at radius 2 is 2.20 bits per heavy atom. The van der Waals surface area contributed by atoms with Crippen molar-refractivity contribution in [2.75, 3.05) is 0 Å². The van der Waals surface area contributed by atoms with Crippen molar-refractivity contribution in [2.45, 2.75) is 25.8 Å². The summed E-state index contributed by atoms with van der Waals surface area (Å²) in [5.41, 5.74) is 3.03. The number of carbonyl (C=O) groups is 3. The molecule has 0 aliphatic carbocycles. The largest absolute Gasteiger partial charge is 0.354 e. The topological polar surface area (TPSA) is 117 Å². The second-order valence-corrected chi connectivity index (χ2v) is 2.58. The van der Waals surface area contributed by atoms with E-state index in [0.717, 1.165) is 0 Å². The summed E-state index contributed by atoms with van der Waals surface area (Å²) >= 11 is 0. The minimum Gasteiger partial charge on any atom is -0.339 e. The van der Waals surface area contributed by atoms with Gasteiger partial charge in [-0.1, -0.05) is 13.3 Å². The van der Waals surface area contributed by atoms with Crippen LogP contribution in [0.3, 0.4) is 0 Å². The second kappa shape index (κ2) is 7.56. The molecule has 0 aromatic carbocycles. The Morgan fingerprint density at radius 3 is 2.67 bits per heavy atom. The monoisotopic (exact) mass is 219 g/mol. The van der Waals surface area contributed by atoms with E-state index in [1.54, 1.807) is 12.4 Å². The predicted octanol–water partition coefficient (Wildman–Crippen LogP) is -0.952. The molecule has 0 bridgehead atoms. The molecule has 0 radical (unpaired) electrons. The fourth-order valence-corrected chi connectivity index (χ4v) is 0.881. The molecule has 0 aromatic heterocycles. The Bertz CT molecular complexity index is 233. The van der Waals surface area contributed by atoms with Gasteiger partial charge in [-0.15, -0.1) is 0 Å². The second-order valence-electron chi connectivity index (χ2n) is 2.58. The van der Waals surface area contributed by atoms with E-state index in [9.17, 15) is 14.4 Å². The van der Waals surface area contributed by atoms with Crippen LogP contribution in [0.5, 0.6) is 0 Å². The molecule has 8 nitrogen and oxygen atoms in total. The Balaban J connectivity index is 4.17. The van der Waals surface area contributed by atoms with Gasteiger partial charge in [0, 0.05) is 0 Å². The SMILES string of the molecule is CCC[C@H](NC(=O)NO)C(=O)ONC=O. The zero-order chi connectivity index (χ0) is 11.7. The van der Waals surface area contributed by atoms with Crippen LogP contribution < -0.4 is 16.3 Å². The molecule has 0 heterocycles. The fourth-order valence-electron chi connectivity index (χ4n) is 0.881. The summed E-state index contributed by atoms with van der Waals surface area (Å²) in [4.78, 5) is 36.0. The molecule has 4 N–H and O–H groups in total. The van der Waals surface area contributed by atoms with Gasteiger partial charge in [0.1, 0.15) is 6.04 Å². The number of hydroxylamine groups is 2. The summed E-state index contributed by atoms with van der Waals surface area (Å²) in [6, 6.07) is -1.84. The van der Waals surface area contributed by atoms with Gasteiger partial charge < -0.3 is 10.2 Å². The van der Waals surface area contributed by atoms with Crippen molar-refractivity contribution < 1.29 is 24.4 Å². The maximum Gasteiger partial charge on any atom is 0.354 e. The molecule has 86 valence electrons. The highest BCUT2D eigenvalue weighted by Crippen LogP contribution is 1.98. The maximum absolute atomic E-state index is 11.2. The van der Waals surface area contributed by atoms with Crippen LogP contribution in [0, 0.1) is 0 Å². The van der Waals surface area contributed by atoms with E-state index in [-0.39, 0.29) is 6.41 Å². The van der Waals surface area contributed by atoms with Crippen LogP contribution in [0.4, 0.5) is 4.79 Å². The highest BCUT2D eigenvalue weighted by atomic mass is 16.7. The number of hydrogen-bond acceptors (Lipinski definition) is 5. The zero-order valence-corrected chi connectivity index (χ0v) is 8.15. The van der Waals surface area contributed by atoms with E-state index in [0.29, 0.717) is 12.8 Å². The first-order chi connectivity index (χ1) is 7.15. The Labute approximate surface area is 85.9 Å². The van der Waals surface area contributed by atoms with Crippen LogP contribution in [0.25, 0.3) is 0 Å². The Kier molecular flexibility index (Phi) is 6.64. The molecule has 0 aromatic rings. The van der Waals surface area contributed by atoms with E-state index >= 15 is 0 Å². The average molecular weight is 219 g/mol. The van der Waals surface area contributed by atoms with Crippen LogP contribution in [0.1, 0.15) is 19.8 Å². The van der Waals surface area contributed by atoms with Gasteiger partial charge in [-0.05, 0) is 6.42 Å². The smallest absolute Gasteiger partial charge is 0.339 e. The normalized spacial score (nSPS) is 11.1. The summed E-state index contributed by atoms with van der Waals surface area (Å²) in [7, 11) is 0. The van der Waals surface area contributed by atoms with Gasteiger partial charge in [-0.2, -0.15) is 5.48 Å². The zero-order valence-electron chi connectivity index (χ0n) is 8.15. The first-order valence-corrected chi connectivity index (χ1v) is 4.26. The lowest BCUT2D eigenvalue weighted by Crippen LogP contribution is -2.46. The van der Waals surface area contributed by atoms with Gasteiger partial charge in [0.15, 0.2) is 0 Å². The molecule has 0 fully saturated rings. The lowest BCUT2D eigenvalue weighted by atomic mass is 10.2. The van der Waals surface area contributed by atoms with E-state index in [2.05, 4.69) is 10.2 Å². The molecular weight excluding hydrogens is 206 g/mol. The quantitative estimate of drug-likeness (QED) is 0.261. The number of carbonyl (C=O) groups excluding carboxylic acids is 3. The van der Waals surface area contributed by atoms with E-state index < -0.39 is 18.0 Å². The molecule has 0 aliphatic rings. The van der Waals surface area contributed by atoms with Crippen LogP contribution in [0.2, 0.25) is 0 Å². The van der Waals surface area contributed by atoms with Gasteiger partial charge in [-0.3, -0.25) is 10.0 Å². The molecular formula is C7H13N3O5. The third-order valence-corrected chi connectivity index (χ3v) is 1.48. The van der Waals surface area contributed by atoms with Crippen molar-refractivity contribution in [3.8, 4) is 0 Å². The van der Waals surface area contributed by atoms with Crippen molar-refractivity contribution in [2.24, 2.45) is 0 Å². The predicted molar refractivity (Wildman–Crippen MR) is 47.4 cm³/mol. The highest BCUT2D eigenvalue weighted by molar-refractivity contribution is 5.83. The average Bonchev–Trinajstić information content (AvgIpc) is 2.24. The summed E-state index contributed by atoms with van der Waals surface area (Å²) < 4.78 is 0. The molecule has 0 saturated heterocycles. The van der Waals surface area contributed by atoms with Crippen LogP contribution in [-0.2, 0) is 14.4 Å². The molecule has 8 heteroatoms. The minimum absolute atomic E-state index is 0.188. The minimum atomic E-state index is -0.922. The molecule has 0 rings (SSSR count). The molecule has 0 spiro atoms. The maximum atomic E-state index is 11.2. The number of nitrogens with one attached hydrogen (secondary N) is 3. The van der Waals surface area contributed by atoms with Gasteiger partial charge in [0.25, 0.3) is 0 Å². The standard InChI is InChI=1S/C7H13N3O5/c1-2-3-5(9-7(13)10-14)6(12)15-8-4-11/h4-5,14H,2-3H2,1H3,(H,8,11)(H2,9,10,13)/t5-/m0/s1. The summed E-state index contributed by atoms with van der Waals surface area (Å²) in [6.07, 6.45) is 1.13. The van der Waals surface area contributed by atoms with Crippen molar-refractivity contribution in [3.63, 3.8) is 0 Å². The molecule has 0 aliphatic heterocycles. The van der Waals surface area contributed by atoms with E-state index in [1.807, 2.05) is 0 Å². The third kappa shape index (κ3) is 5.47. The van der Waals surface area contributed by atoms with Crippen molar-refractivity contribution in [1.29, 1.82) is 0 Å². The van der Waals surface area contributed by atoms with E-state index in [4.69, 9.17) is 5.21 Å². The first kappa shape index (κ1) is 13.2. The van der Waals surface area contributed by atoms with Gasteiger partial charge in [0.2, 0.25) is 6.41 Å². The molecule has 1 atom stereocenters. The fraction of sp³-hybridized carbons (Fsp3) is 0.571. The van der Waals surface area contributed by atoms with Gasteiger partial charge in [0.05, 0.1) is 0 Å². The van der Waals surface area contributed by atoms with Crippen molar-refractivity contribution >= 4 is 18.4 Å². The molecule has 3 amide bonds. The van der Waals surface area contributed by atoms with Crippen LogP contribution in [0.15, 0.2) is 0 Å². The molecule has 15 heavy (non-hydrogen) atoms. The third-order valence-electron chi connectivity index (χ3n) is 1.48. The summed E-state index contributed by atoms with van der Waals surface area (Å²) in [5.74, 6) is -0.812. The molecule has 0 unspecified atom stereocenters. The lowest BCUT2D eigenvalue weighted by molar-refractivity contribution is -0.156. The van der Waals surface area contributed by atoms with Gasteiger partial charge >= 0.3 is 12.0 Å². The highest BCUT2D eigenvalue weighted by Gasteiger charge is 2.21.